The largest absolute Gasteiger partial charge is 0.404 e. The molecule has 9 nitrogen and oxygen atoms in total. The fraction of sp³-hybridized carbons (Fsp3) is 0.593. The molecular weight excluding hydrogens is 509 g/mol. The number of aryl methyl sites for hydroxylation is 1. The summed E-state index contributed by atoms with van der Waals surface area (Å²) in [7, 11) is 2.03. The van der Waals surface area contributed by atoms with Gasteiger partial charge >= 0.3 is 6.18 Å². The summed E-state index contributed by atoms with van der Waals surface area (Å²) >= 11 is 0. The molecule has 2 aliphatic heterocycles. The van der Waals surface area contributed by atoms with Gasteiger partial charge in [-0.2, -0.15) is 18.2 Å². The fourth-order valence-corrected chi connectivity index (χ4v) is 5.03. The number of hydrogen-bond donors (Lipinski definition) is 1. The Morgan fingerprint density at radius 1 is 1.15 bits per heavy atom. The molecule has 2 unspecified atom stereocenters. The van der Waals surface area contributed by atoms with Crippen LogP contribution in [0.25, 0.3) is 16.7 Å². The van der Waals surface area contributed by atoms with Crippen LogP contribution in [-0.2, 0) is 4.74 Å². The SMILES string of the molecule is C=C(CCC(F)(F)F)c1nc(N2CC(C)OC(/C(C=NC3CC3)=C/N)C2)nc2nc(C)c(C3CN(C)C3)nc12. The molecule has 2 N–H and O–H groups in total. The second-order valence-corrected chi connectivity index (χ2v) is 10.9. The fourth-order valence-electron chi connectivity index (χ4n) is 5.03. The minimum Gasteiger partial charge on any atom is -0.404 e. The molecule has 4 heterocycles. The summed E-state index contributed by atoms with van der Waals surface area (Å²) in [6.45, 7) is 10.4. The molecule has 1 saturated carbocycles. The van der Waals surface area contributed by atoms with E-state index in [1.54, 1.807) is 6.21 Å². The highest BCUT2D eigenvalue weighted by molar-refractivity contribution is 5.85. The van der Waals surface area contributed by atoms with Gasteiger partial charge in [0, 0.05) is 50.0 Å². The lowest BCUT2D eigenvalue weighted by molar-refractivity contribution is -0.133. The maximum absolute atomic E-state index is 13.1. The van der Waals surface area contributed by atoms with Crippen molar-refractivity contribution in [1.29, 1.82) is 0 Å². The Labute approximate surface area is 226 Å². The van der Waals surface area contributed by atoms with Crippen molar-refractivity contribution in [3.8, 4) is 0 Å². The van der Waals surface area contributed by atoms with Crippen LogP contribution in [-0.4, -0.2) is 88.7 Å². The number of nitrogens with two attached hydrogens (primary N) is 1. The molecule has 0 spiro atoms. The van der Waals surface area contributed by atoms with Crippen molar-refractivity contribution >= 4 is 28.9 Å². The Morgan fingerprint density at radius 3 is 2.54 bits per heavy atom. The highest BCUT2D eigenvalue weighted by Gasteiger charge is 2.33. The highest BCUT2D eigenvalue weighted by atomic mass is 19.4. The van der Waals surface area contributed by atoms with Gasteiger partial charge in [-0.3, -0.25) is 4.99 Å². The van der Waals surface area contributed by atoms with E-state index in [0.717, 1.165) is 42.9 Å². The molecule has 0 bridgehead atoms. The smallest absolute Gasteiger partial charge is 0.389 e. The number of ether oxygens (including phenoxy) is 1. The molecule has 3 aliphatic rings. The van der Waals surface area contributed by atoms with E-state index >= 15 is 0 Å². The van der Waals surface area contributed by atoms with Crippen molar-refractivity contribution in [3.63, 3.8) is 0 Å². The van der Waals surface area contributed by atoms with Crippen molar-refractivity contribution < 1.29 is 17.9 Å². The van der Waals surface area contributed by atoms with Crippen LogP contribution < -0.4 is 10.6 Å². The summed E-state index contributed by atoms with van der Waals surface area (Å²) in [5.74, 6) is 0.564. The predicted octanol–water partition coefficient (Wildman–Crippen LogP) is 3.78. The van der Waals surface area contributed by atoms with E-state index in [0.29, 0.717) is 41.9 Å². The van der Waals surface area contributed by atoms with E-state index in [2.05, 4.69) is 16.5 Å². The van der Waals surface area contributed by atoms with Gasteiger partial charge in [0.05, 0.1) is 35.8 Å². The second-order valence-electron chi connectivity index (χ2n) is 10.9. The zero-order valence-electron chi connectivity index (χ0n) is 22.6. The molecular formula is C27H35F3N8O. The third kappa shape index (κ3) is 6.38. The number of allylic oxidation sites excluding steroid dienone is 1. The summed E-state index contributed by atoms with van der Waals surface area (Å²) < 4.78 is 45.4. The van der Waals surface area contributed by atoms with Gasteiger partial charge in [-0.05, 0) is 45.7 Å². The first-order valence-corrected chi connectivity index (χ1v) is 13.4. The molecule has 210 valence electrons. The molecule has 2 saturated heterocycles. The van der Waals surface area contributed by atoms with E-state index in [1.165, 1.54) is 6.20 Å². The molecule has 5 rings (SSSR count). The summed E-state index contributed by atoms with van der Waals surface area (Å²) in [6, 6.07) is 0.346. The third-order valence-electron chi connectivity index (χ3n) is 7.31. The Hall–Kier alpha value is -3.12. The average Bonchev–Trinajstić information content (AvgIpc) is 3.68. The molecule has 2 aromatic rings. The van der Waals surface area contributed by atoms with Crippen LogP contribution in [0.15, 0.2) is 23.3 Å². The number of anilines is 1. The quantitative estimate of drug-likeness (QED) is 0.501. The number of aliphatic imine (C=N–C) groups is 1. The maximum atomic E-state index is 13.1. The molecule has 39 heavy (non-hydrogen) atoms. The van der Waals surface area contributed by atoms with E-state index in [1.807, 2.05) is 25.8 Å². The maximum Gasteiger partial charge on any atom is 0.389 e. The van der Waals surface area contributed by atoms with Crippen molar-refractivity contribution in [3.05, 3.63) is 35.4 Å². The molecule has 0 aromatic carbocycles. The van der Waals surface area contributed by atoms with E-state index < -0.39 is 12.6 Å². The van der Waals surface area contributed by atoms with Crippen LogP contribution in [0.4, 0.5) is 19.1 Å². The number of nitrogens with zero attached hydrogens (tertiary/aromatic N) is 7. The summed E-state index contributed by atoms with van der Waals surface area (Å²) in [6.07, 6.45) is -0.677. The number of likely N-dealkylation sites (tertiary alicyclic amines) is 1. The number of alkyl halides is 3. The molecule has 2 aromatic heterocycles. The number of likely N-dealkylation sites (N-methyl/N-ethyl adjacent to an activating group) is 1. The lowest BCUT2D eigenvalue weighted by Crippen LogP contribution is -2.48. The minimum absolute atomic E-state index is 0.171. The molecule has 12 heteroatoms. The summed E-state index contributed by atoms with van der Waals surface area (Å²) in [4.78, 5) is 27.8. The second kappa shape index (κ2) is 10.8. The number of morpholine rings is 1. The van der Waals surface area contributed by atoms with Gasteiger partial charge < -0.3 is 20.3 Å². The van der Waals surface area contributed by atoms with Crippen LogP contribution >= 0.6 is 0 Å². The van der Waals surface area contributed by atoms with Gasteiger partial charge in [-0.15, -0.1) is 0 Å². The van der Waals surface area contributed by atoms with Crippen LogP contribution in [0.1, 0.15) is 55.6 Å². The Balaban J connectivity index is 1.51. The first-order valence-electron chi connectivity index (χ1n) is 13.4. The van der Waals surface area contributed by atoms with Crippen LogP contribution in [0.3, 0.4) is 0 Å². The summed E-state index contributed by atoms with van der Waals surface area (Å²) in [5, 5.41) is 0. The monoisotopic (exact) mass is 544 g/mol. The van der Waals surface area contributed by atoms with Crippen molar-refractivity contribution in [1.82, 2.24) is 24.8 Å². The lowest BCUT2D eigenvalue weighted by Gasteiger charge is -2.37. The topological polar surface area (TPSA) is 106 Å². The Bertz CT molecular complexity index is 1300. The van der Waals surface area contributed by atoms with Crippen molar-refractivity contribution in [2.45, 2.75) is 69.9 Å². The average molecular weight is 545 g/mol. The zero-order valence-corrected chi connectivity index (χ0v) is 22.6. The Kier molecular flexibility index (Phi) is 7.60. The van der Waals surface area contributed by atoms with Crippen LogP contribution in [0, 0.1) is 6.92 Å². The van der Waals surface area contributed by atoms with Crippen LogP contribution in [0.2, 0.25) is 0 Å². The molecule has 2 atom stereocenters. The number of rotatable bonds is 8. The molecule has 1 aliphatic carbocycles. The van der Waals surface area contributed by atoms with Crippen LogP contribution in [0.5, 0.6) is 0 Å². The number of fused-ring (bicyclic) bond motifs is 1. The van der Waals surface area contributed by atoms with Crippen molar-refractivity contribution in [2.24, 2.45) is 10.7 Å². The van der Waals surface area contributed by atoms with E-state index in [-0.39, 0.29) is 30.1 Å². The highest BCUT2D eigenvalue weighted by Crippen LogP contribution is 2.33. The molecule has 3 fully saturated rings. The molecule has 0 amide bonds. The third-order valence-corrected chi connectivity index (χ3v) is 7.31. The molecule has 0 radical (unpaired) electrons. The van der Waals surface area contributed by atoms with Gasteiger partial charge in [0.15, 0.2) is 5.65 Å². The predicted molar refractivity (Wildman–Crippen MR) is 145 cm³/mol. The normalized spacial score (nSPS) is 23.5. The zero-order chi connectivity index (χ0) is 27.9. The first kappa shape index (κ1) is 27.4. The van der Waals surface area contributed by atoms with Gasteiger partial charge in [-0.25, -0.2) is 15.0 Å². The lowest BCUT2D eigenvalue weighted by atomic mass is 9.95. The first-order chi connectivity index (χ1) is 18.5. The van der Waals surface area contributed by atoms with Gasteiger partial charge in [-0.1, -0.05) is 6.58 Å². The van der Waals surface area contributed by atoms with Gasteiger partial charge in [0.1, 0.15) is 11.6 Å². The Morgan fingerprint density at radius 2 is 1.90 bits per heavy atom. The van der Waals surface area contributed by atoms with Gasteiger partial charge in [0.25, 0.3) is 0 Å². The van der Waals surface area contributed by atoms with Gasteiger partial charge in [0.2, 0.25) is 5.95 Å². The number of hydrogen-bond acceptors (Lipinski definition) is 9. The van der Waals surface area contributed by atoms with Crippen molar-refractivity contribution in [2.75, 3.05) is 38.1 Å². The minimum atomic E-state index is -4.31. The summed E-state index contributed by atoms with van der Waals surface area (Å²) in [5.41, 5.74) is 9.57. The van der Waals surface area contributed by atoms with E-state index in [9.17, 15) is 13.2 Å². The van der Waals surface area contributed by atoms with E-state index in [4.69, 9.17) is 30.4 Å². The standard InChI is InChI=1S/C27H35F3N8O/c1-15(7-8-27(28,29)30)22-24-25(33-17(3)23(34-24)19-12-37(4)13-19)36-26(35-22)38-11-16(2)39-21(14-38)18(9-31)10-32-20-5-6-20/h9-10,16,19-21H,1,5-8,11-14,31H2,2-4H3/b18-9+,32-10?. The number of halogens is 3. The number of aromatic nitrogens is 4.